The highest BCUT2D eigenvalue weighted by Crippen LogP contribution is 2.14. The Hall–Kier alpha value is -0.600. The highest BCUT2D eigenvalue weighted by Gasteiger charge is 1.96. The van der Waals surface area contributed by atoms with Crippen LogP contribution in [-0.2, 0) is 23.8 Å². The Kier molecular flexibility index (Phi) is 2.85. The average molecular weight is 186 g/mol. The molecule has 1 rings (SSSR count). The number of hydrogen-bond acceptors (Lipinski definition) is 2. The van der Waals surface area contributed by atoms with Crippen LogP contribution < -0.4 is 0 Å². The predicted octanol–water partition coefficient (Wildman–Crippen LogP) is 1.96. The molecule has 0 radical (unpaired) electrons. The number of hydrogen-bond donors (Lipinski definition) is 0. The standard InChI is InChI=1S/C8H7ClOS/c9-7-4-2-1-3-6(7)5-8(10)11/h1-4H,5H2,(H,10,11)/p-1. The van der Waals surface area contributed by atoms with E-state index in [2.05, 4.69) is 12.6 Å². The molecule has 0 N–H and O–H groups in total. The molecule has 0 amide bonds. The van der Waals surface area contributed by atoms with Gasteiger partial charge in [-0.3, -0.25) is 0 Å². The molecule has 58 valence electrons. The predicted molar refractivity (Wildman–Crippen MR) is 47.5 cm³/mol. The third-order valence-electron chi connectivity index (χ3n) is 1.29. The molecular formula is C8H6ClOS-. The molecule has 0 saturated heterocycles. The van der Waals surface area contributed by atoms with Gasteiger partial charge in [0.05, 0.1) is 0 Å². The summed E-state index contributed by atoms with van der Waals surface area (Å²) in [6, 6.07) is 7.20. The first-order chi connectivity index (χ1) is 5.20. The van der Waals surface area contributed by atoms with E-state index in [1.165, 1.54) is 0 Å². The highest BCUT2D eigenvalue weighted by atomic mass is 35.5. The van der Waals surface area contributed by atoms with Gasteiger partial charge in [0.25, 0.3) is 0 Å². The van der Waals surface area contributed by atoms with Crippen LogP contribution in [-0.4, -0.2) is 5.12 Å². The minimum Gasteiger partial charge on any atom is -0.742 e. The highest BCUT2D eigenvalue weighted by molar-refractivity contribution is 7.77. The van der Waals surface area contributed by atoms with Gasteiger partial charge in [-0.05, 0) is 11.6 Å². The maximum Gasteiger partial charge on any atom is 0.0441 e. The van der Waals surface area contributed by atoms with Crippen LogP contribution in [0.1, 0.15) is 5.56 Å². The molecule has 3 heteroatoms. The molecule has 0 heterocycles. The zero-order chi connectivity index (χ0) is 8.27. The van der Waals surface area contributed by atoms with Crippen LogP contribution in [0.3, 0.4) is 0 Å². The quantitative estimate of drug-likeness (QED) is 0.656. The van der Waals surface area contributed by atoms with Crippen molar-refractivity contribution in [3.63, 3.8) is 0 Å². The van der Waals surface area contributed by atoms with Gasteiger partial charge in [0.2, 0.25) is 0 Å². The van der Waals surface area contributed by atoms with Crippen molar-refractivity contribution in [3.8, 4) is 0 Å². The van der Waals surface area contributed by atoms with E-state index in [0.29, 0.717) is 5.02 Å². The lowest BCUT2D eigenvalue weighted by molar-refractivity contribution is -0.110. The van der Waals surface area contributed by atoms with E-state index < -0.39 is 0 Å². The SMILES string of the molecule is O=C([S-])Cc1ccccc1Cl. The summed E-state index contributed by atoms with van der Waals surface area (Å²) in [4.78, 5) is 10.5. The van der Waals surface area contributed by atoms with Crippen molar-refractivity contribution < 1.29 is 4.79 Å². The molecule has 0 aromatic heterocycles. The van der Waals surface area contributed by atoms with Crippen LogP contribution >= 0.6 is 11.6 Å². The van der Waals surface area contributed by atoms with Gasteiger partial charge in [-0.25, -0.2) is 0 Å². The summed E-state index contributed by atoms with van der Waals surface area (Å²) >= 11 is 10.2. The minimum atomic E-state index is -0.280. The van der Waals surface area contributed by atoms with Gasteiger partial charge in [0.15, 0.2) is 0 Å². The zero-order valence-electron chi connectivity index (χ0n) is 5.71. The second kappa shape index (κ2) is 3.69. The van der Waals surface area contributed by atoms with Crippen LogP contribution in [0.5, 0.6) is 0 Å². The fourth-order valence-corrected chi connectivity index (χ4v) is 1.16. The van der Waals surface area contributed by atoms with Gasteiger partial charge >= 0.3 is 0 Å². The smallest absolute Gasteiger partial charge is 0.0441 e. The Morgan fingerprint density at radius 2 is 2.09 bits per heavy atom. The third-order valence-corrected chi connectivity index (χ3v) is 1.81. The van der Waals surface area contributed by atoms with E-state index in [0.717, 1.165) is 5.56 Å². The molecule has 1 nitrogen and oxygen atoms in total. The second-order valence-corrected chi connectivity index (χ2v) is 3.00. The monoisotopic (exact) mass is 185 g/mol. The Morgan fingerprint density at radius 1 is 1.45 bits per heavy atom. The molecule has 11 heavy (non-hydrogen) atoms. The van der Waals surface area contributed by atoms with Crippen molar-refractivity contribution in [2.45, 2.75) is 6.42 Å². The number of benzene rings is 1. The molecule has 0 atom stereocenters. The van der Waals surface area contributed by atoms with E-state index in [9.17, 15) is 4.79 Å². The largest absolute Gasteiger partial charge is 0.742 e. The molecule has 0 saturated carbocycles. The number of carbonyl (C=O) groups excluding carboxylic acids is 1. The summed E-state index contributed by atoms with van der Waals surface area (Å²) in [5.74, 6) is 0. The topological polar surface area (TPSA) is 17.1 Å². The summed E-state index contributed by atoms with van der Waals surface area (Å²) in [5, 5.41) is 0.323. The van der Waals surface area contributed by atoms with Crippen molar-refractivity contribution in [2.24, 2.45) is 0 Å². The lowest BCUT2D eigenvalue weighted by Gasteiger charge is -2.04. The third kappa shape index (κ3) is 2.48. The zero-order valence-corrected chi connectivity index (χ0v) is 7.28. The molecule has 0 spiro atoms. The Labute approximate surface area is 75.8 Å². The van der Waals surface area contributed by atoms with Gasteiger partial charge in [0, 0.05) is 16.6 Å². The van der Waals surface area contributed by atoms with Crippen LogP contribution in [0.2, 0.25) is 5.02 Å². The molecule has 0 fully saturated rings. The van der Waals surface area contributed by atoms with Crippen molar-refractivity contribution >= 4 is 29.3 Å². The van der Waals surface area contributed by atoms with Crippen LogP contribution in [0.4, 0.5) is 0 Å². The Bertz CT molecular complexity index is 273. The molecule has 0 aliphatic carbocycles. The summed E-state index contributed by atoms with van der Waals surface area (Å²) in [6.07, 6.45) is 0.245. The molecule has 0 bridgehead atoms. The van der Waals surface area contributed by atoms with Crippen molar-refractivity contribution in [2.75, 3.05) is 0 Å². The lowest BCUT2D eigenvalue weighted by atomic mass is 10.2. The first kappa shape index (κ1) is 8.50. The number of rotatable bonds is 2. The van der Waals surface area contributed by atoms with E-state index in [1.807, 2.05) is 12.1 Å². The minimum absolute atomic E-state index is 0.245. The average Bonchev–Trinajstić information content (AvgIpc) is 1.93. The lowest BCUT2D eigenvalue weighted by Crippen LogP contribution is -1.97. The molecule has 0 unspecified atom stereocenters. The van der Waals surface area contributed by atoms with E-state index in [1.54, 1.807) is 12.1 Å². The first-order valence-electron chi connectivity index (χ1n) is 3.13. The van der Waals surface area contributed by atoms with Crippen LogP contribution in [0, 0.1) is 0 Å². The van der Waals surface area contributed by atoms with Crippen molar-refractivity contribution in [3.05, 3.63) is 34.9 Å². The molecule has 1 aromatic rings. The van der Waals surface area contributed by atoms with Gasteiger partial charge in [-0.2, -0.15) is 0 Å². The van der Waals surface area contributed by atoms with E-state index in [4.69, 9.17) is 11.6 Å². The van der Waals surface area contributed by atoms with Gasteiger partial charge in [-0.1, -0.05) is 29.8 Å². The van der Waals surface area contributed by atoms with E-state index in [-0.39, 0.29) is 11.5 Å². The Balaban J connectivity index is 2.86. The number of halogens is 1. The van der Waals surface area contributed by atoms with Gasteiger partial charge in [0.1, 0.15) is 0 Å². The molecule has 0 aliphatic heterocycles. The van der Waals surface area contributed by atoms with Crippen molar-refractivity contribution in [1.82, 2.24) is 0 Å². The molecule has 1 aromatic carbocycles. The Morgan fingerprint density at radius 3 is 2.64 bits per heavy atom. The first-order valence-corrected chi connectivity index (χ1v) is 3.92. The summed E-state index contributed by atoms with van der Waals surface area (Å²) in [7, 11) is 0. The summed E-state index contributed by atoms with van der Waals surface area (Å²) < 4.78 is 0. The maximum atomic E-state index is 10.5. The fraction of sp³-hybridized carbons (Fsp3) is 0.125. The van der Waals surface area contributed by atoms with Gasteiger partial charge in [-0.15, -0.1) is 0 Å². The fourth-order valence-electron chi connectivity index (χ4n) is 0.797. The number of carbonyl (C=O) groups is 1. The van der Waals surface area contributed by atoms with Crippen molar-refractivity contribution in [1.29, 1.82) is 0 Å². The molecular weight excluding hydrogens is 180 g/mol. The summed E-state index contributed by atoms with van der Waals surface area (Å²) in [6.45, 7) is 0. The molecule has 0 aliphatic rings. The summed E-state index contributed by atoms with van der Waals surface area (Å²) in [5.41, 5.74) is 0.800. The second-order valence-electron chi connectivity index (χ2n) is 2.14. The normalized spacial score (nSPS) is 9.55. The van der Waals surface area contributed by atoms with Crippen LogP contribution in [0.25, 0.3) is 0 Å². The van der Waals surface area contributed by atoms with E-state index >= 15 is 0 Å². The maximum absolute atomic E-state index is 10.5. The van der Waals surface area contributed by atoms with Gasteiger partial charge < -0.3 is 17.4 Å². The van der Waals surface area contributed by atoms with Crippen LogP contribution in [0.15, 0.2) is 24.3 Å².